The molecular formula is C18H10Cl2N2OS. The van der Waals surface area contributed by atoms with E-state index in [-0.39, 0.29) is 15.8 Å². The molecule has 0 aliphatic heterocycles. The van der Waals surface area contributed by atoms with E-state index < -0.39 is 0 Å². The van der Waals surface area contributed by atoms with Crippen molar-refractivity contribution in [2.45, 2.75) is 0 Å². The molecule has 6 heteroatoms. The van der Waals surface area contributed by atoms with Crippen molar-refractivity contribution in [2.75, 3.05) is 0 Å². The number of phenolic OH excluding ortho intramolecular Hbond substituents is 1. The topological polar surface area (TPSA) is 56.9 Å². The quantitative estimate of drug-likeness (QED) is 0.583. The monoisotopic (exact) mass is 372 g/mol. The van der Waals surface area contributed by atoms with Gasteiger partial charge in [0.15, 0.2) is 5.75 Å². The predicted molar refractivity (Wildman–Crippen MR) is 99.2 cm³/mol. The second-order valence-electron chi connectivity index (χ2n) is 4.91. The minimum atomic E-state index is -0.172. The van der Waals surface area contributed by atoms with Crippen molar-refractivity contribution in [1.82, 2.24) is 4.98 Å². The third-order valence-electron chi connectivity index (χ3n) is 3.27. The predicted octanol–water partition coefficient (Wildman–Crippen LogP) is 5.89. The third-order valence-corrected chi connectivity index (χ3v) is 4.73. The highest BCUT2D eigenvalue weighted by Crippen LogP contribution is 2.34. The van der Waals surface area contributed by atoms with Gasteiger partial charge in [0.05, 0.1) is 21.3 Å². The van der Waals surface area contributed by atoms with Crippen molar-refractivity contribution in [3.63, 3.8) is 0 Å². The minimum Gasteiger partial charge on any atom is -0.505 e. The van der Waals surface area contributed by atoms with Crippen LogP contribution in [-0.4, -0.2) is 10.1 Å². The largest absolute Gasteiger partial charge is 0.505 e. The fourth-order valence-corrected chi connectivity index (χ4v) is 3.41. The second kappa shape index (κ2) is 7.06. The molecule has 3 nitrogen and oxygen atoms in total. The number of hydrogen-bond acceptors (Lipinski definition) is 4. The van der Waals surface area contributed by atoms with Crippen LogP contribution in [-0.2, 0) is 0 Å². The molecule has 0 unspecified atom stereocenters. The van der Waals surface area contributed by atoms with Crippen LogP contribution in [0.2, 0.25) is 10.0 Å². The molecule has 0 aliphatic rings. The van der Waals surface area contributed by atoms with Gasteiger partial charge < -0.3 is 5.11 Å². The lowest BCUT2D eigenvalue weighted by atomic mass is 10.1. The first-order valence-corrected chi connectivity index (χ1v) is 8.53. The van der Waals surface area contributed by atoms with Gasteiger partial charge in [0.25, 0.3) is 0 Å². The number of rotatable bonds is 3. The van der Waals surface area contributed by atoms with E-state index in [0.717, 1.165) is 11.3 Å². The Balaban J connectivity index is 1.98. The number of benzene rings is 2. The SMILES string of the molecule is N#C/C(=C\c1cc(Cl)c(O)c(Cl)c1)c1nc(-c2ccccc2)cs1. The first-order valence-electron chi connectivity index (χ1n) is 6.89. The van der Waals surface area contributed by atoms with E-state index in [1.54, 1.807) is 18.2 Å². The number of nitriles is 1. The number of halogens is 2. The maximum Gasteiger partial charge on any atom is 0.152 e. The molecular weight excluding hydrogens is 363 g/mol. The first-order chi connectivity index (χ1) is 11.6. The smallest absolute Gasteiger partial charge is 0.152 e. The van der Waals surface area contributed by atoms with Crippen LogP contribution in [0.1, 0.15) is 10.6 Å². The fourth-order valence-electron chi connectivity index (χ4n) is 2.12. The molecule has 0 spiro atoms. The molecule has 0 saturated heterocycles. The van der Waals surface area contributed by atoms with Crippen LogP contribution in [0.4, 0.5) is 0 Å². The number of hydrogen-bond donors (Lipinski definition) is 1. The van der Waals surface area contributed by atoms with Crippen LogP contribution in [0.5, 0.6) is 5.75 Å². The van der Waals surface area contributed by atoms with E-state index in [4.69, 9.17) is 23.2 Å². The Bertz CT molecular complexity index is 936. The maximum absolute atomic E-state index is 9.61. The number of thiazole rings is 1. The van der Waals surface area contributed by atoms with Crippen LogP contribution in [0.25, 0.3) is 22.9 Å². The van der Waals surface area contributed by atoms with Gasteiger partial charge in [-0.1, -0.05) is 53.5 Å². The van der Waals surface area contributed by atoms with Crippen molar-refractivity contribution in [3.05, 3.63) is 68.5 Å². The normalized spacial score (nSPS) is 11.3. The lowest BCUT2D eigenvalue weighted by Gasteiger charge is -2.02. The van der Waals surface area contributed by atoms with Gasteiger partial charge in [-0.15, -0.1) is 11.3 Å². The molecule has 118 valence electrons. The molecule has 0 radical (unpaired) electrons. The number of aromatic nitrogens is 1. The van der Waals surface area contributed by atoms with Crippen molar-refractivity contribution in [1.29, 1.82) is 5.26 Å². The van der Waals surface area contributed by atoms with Gasteiger partial charge in [0, 0.05) is 10.9 Å². The number of aromatic hydroxyl groups is 1. The zero-order valence-corrected chi connectivity index (χ0v) is 14.5. The Labute approximate surface area is 153 Å². The van der Waals surface area contributed by atoms with Crippen molar-refractivity contribution < 1.29 is 5.11 Å². The van der Waals surface area contributed by atoms with Gasteiger partial charge in [0.1, 0.15) is 11.1 Å². The van der Waals surface area contributed by atoms with E-state index in [1.165, 1.54) is 11.3 Å². The van der Waals surface area contributed by atoms with Gasteiger partial charge in [-0.25, -0.2) is 4.98 Å². The van der Waals surface area contributed by atoms with E-state index in [2.05, 4.69) is 11.1 Å². The van der Waals surface area contributed by atoms with E-state index in [1.807, 2.05) is 35.7 Å². The summed E-state index contributed by atoms with van der Waals surface area (Å²) in [5.41, 5.74) is 2.84. The van der Waals surface area contributed by atoms with Crippen LogP contribution in [0, 0.1) is 11.3 Å². The summed E-state index contributed by atoms with van der Waals surface area (Å²) in [6, 6.07) is 15.0. The summed E-state index contributed by atoms with van der Waals surface area (Å²) in [7, 11) is 0. The minimum absolute atomic E-state index is 0.134. The van der Waals surface area contributed by atoms with E-state index in [0.29, 0.717) is 16.1 Å². The van der Waals surface area contributed by atoms with Crippen molar-refractivity contribution in [2.24, 2.45) is 0 Å². The summed E-state index contributed by atoms with van der Waals surface area (Å²) in [6.07, 6.45) is 1.64. The third kappa shape index (κ3) is 3.44. The summed E-state index contributed by atoms with van der Waals surface area (Å²) >= 11 is 13.2. The molecule has 0 fully saturated rings. The van der Waals surface area contributed by atoms with Gasteiger partial charge in [-0.2, -0.15) is 5.26 Å². The molecule has 3 aromatic rings. The Morgan fingerprint density at radius 2 is 1.83 bits per heavy atom. The average Bonchev–Trinajstić information content (AvgIpc) is 3.08. The highest BCUT2D eigenvalue weighted by Gasteiger charge is 2.11. The van der Waals surface area contributed by atoms with Gasteiger partial charge in [-0.05, 0) is 23.8 Å². The zero-order valence-electron chi connectivity index (χ0n) is 12.2. The number of allylic oxidation sites excluding steroid dienone is 1. The molecule has 0 amide bonds. The van der Waals surface area contributed by atoms with Crippen LogP contribution in [0.15, 0.2) is 47.8 Å². The summed E-state index contributed by atoms with van der Waals surface area (Å²) in [4.78, 5) is 4.52. The second-order valence-corrected chi connectivity index (χ2v) is 6.58. The summed E-state index contributed by atoms with van der Waals surface area (Å²) in [5, 5.41) is 21.8. The summed E-state index contributed by atoms with van der Waals surface area (Å²) in [6.45, 7) is 0. The Morgan fingerprint density at radius 1 is 1.17 bits per heavy atom. The molecule has 0 saturated carbocycles. The fraction of sp³-hybridized carbons (Fsp3) is 0. The van der Waals surface area contributed by atoms with E-state index in [9.17, 15) is 10.4 Å². The summed E-state index contributed by atoms with van der Waals surface area (Å²) < 4.78 is 0. The number of nitrogens with zero attached hydrogens (tertiary/aromatic N) is 2. The Morgan fingerprint density at radius 3 is 2.46 bits per heavy atom. The average molecular weight is 373 g/mol. The van der Waals surface area contributed by atoms with Gasteiger partial charge in [0.2, 0.25) is 0 Å². The molecule has 1 aromatic heterocycles. The summed E-state index contributed by atoms with van der Waals surface area (Å²) in [5.74, 6) is -0.172. The highest BCUT2D eigenvalue weighted by molar-refractivity contribution is 7.11. The zero-order chi connectivity index (χ0) is 17.1. The van der Waals surface area contributed by atoms with Gasteiger partial charge in [-0.3, -0.25) is 0 Å². The van der Waals surface area contributed by atoms with Crippen LogP contribution >= 0.6 is 34.5 Å². The van der Waals surface area contributed by atoms with Crippen LogP contribution in [0.3, 0.4) is 0 Å². The lowest BCUT2D eigenvalue weighted by Crippen LogP contribution is -1.83. The molecule has 0 aliphatic carbocycles. The highest BCUT2D eigenvalue weighted by atomic mass is 35.5. The number of phenols is 1. The Kier molecular flexibility index (Phi) is 4.86. The standard InChI is InChI=1S/C18H10Cl2N2OS/c19-14-7-11(8-15(20)17(14)23)6-13(9-21)18-22-16(10-24-18)12-4-2-1-3-5-12/h1-8,10,23H/b13-6+. The maximum atomic E-state index is 9.61. The first kappa shape index (κ1) is 16.5. The Hall–Kier alpha value is -2.32. The molecule has 1 heterocycles. The molecule has 0 atom stereocenters. The van der Waals surface area contributed by atoms with Crippen molar-refractivity contribution >= 4 is 46.2 Å². The van der Waals surface area contributed by atoms with Crippen molar-refractivity contribution in [3.8, 4) is 23.1 Å². The molecule has 0 bridgehead atoms. The van der Waals surface area contributed by atoms with Crippen LogP contribution < -0.4 is 0 Å². The molecule has 3 rings (SSSR count). The van der Waals surface area contributed by atoms with E-state index >= 15 is 0 Å². The molecule has 2 aromatic carbocycles. The van der Waals surface area contributed by atoms with Gasteiger partial charge >= 0.3 is 0 Å². The lowest BCUT2D eigenvalue weighted by molar-refractivity contribution is 0.476. The molecule has 24 heavy (non-hydrogen) atoms. The molecule has 1 N–H and O–H groups in total.